The molecule has 1 N–H and O–H groups in total. The topological polar surface area (TPSA) is 72.8 Å². The van der Waals surface area contributed by atoms with Gasteiger partial charge in [0.25, 0.3) is 0 Å². The molecular weight excluding hydrogens is 260 g/mol. The van der Waals surface area contributed by atoms with Gasteiger partial charge in [0.05, 0.1) is 12.5 Å². The van der Waals surface area contributed by atoms with Crippen LogP contribution in [0, 0.1) is 5.92 Å². The number of hydrogen-bond acceptors (Lipinski definition) is 4. The Morgan fingerprint density at radius 1 is 1.40 bits per heavy atom. The van der Waals surface area contributed by atoms with Crippen molar-refractivity contribution in [2.24, 2.45) is 5.92 Å². The van der Waals surface area contributed by atoms with Crippen LogP contribution in [0.4, 0.5) is 0 Å². The summed E-state index contributed by atoms with van der Waals surface area (Å²) in [7, 11) is 0. The number of carboxylic acid groups (broad SMARTS) is 1. The van der Waals surface area contributed by atoms with E-state index < -0.39 is 11.9 Å². The standard InChI is InChI=1S/C15H22O5/c1-12(15(17)18)11-13(16)7-3-2-5-9-19-14-8-4-6-10-20-14/h2-3,5,7,12,14H,4,6,8-11H2,1H3,(H,17,18). The van der Waals surface area contributed by atoms with E-state index in [1.165, 1.54) is 13.0 Å². The molecule has 5 heteroatoms. The van der Waals surface area contributed by atoms with Gasteiger partial charge in [-0.15, -0.1) is 0 Å². The van der Waals surface area contributed by atoms with Crippen molar-refractivity contribution in [3.63, 3.8) is 0 Å². The Kier molecular flexibility index (Phi) is 7.84. The van der Waals surface area contributed by atoms with Crippen LogP contribution in [0.15, 0.2) is 24.3 Å². The van der Waals surface area contributed by atoms with E-state index in [9.17, 15) is 9.59 Å². The lowest BCUT2D eigenvalue weighted by molar-refractivity contribution is -0.155. The van der Waals surface area contributed by atoms with E-state index in [1.807, 2.05) is 0 Å². The number of rotatable bonds is 8. The van der Waals surface area contributed by atoms with Crippen LogP contribution in [-0.2, 0) is 19.1 Å². The third kappa shape index (κ3) is 7.21. The average Bonchev–Trinajstić information content (AvgIpc) is 2.43. The fourth-order valence-electron chi connectivity index (χ4n) is 1.76. The van der Waals surface area contributed by atoms with Crippen molar-refractivity contribution < 1.29 is 24.2 Å². The molecule has 0 radical (unpaired) electrons. The van der Waals surface area contributed by atoms with Gasteiger partial charge in [-0.25, -0.2) is 0 Å². The molecule has 1 heterocycles. The van der Waals surface area contributed by atoms with Crippen LogP contribution in [0.2, 0.25) is 0 Å². The van der Waals surface area contributed by atoms with E-state index in [2.05, 4.69) is 0 Å². The number of carbonyl (C=O) groups excluding carboxylic acids is 1. The normalized spacial score (nSPS) is 21.4. The van der Waals surface area contributed by atoms with Crippen LogP contribution in [0.25, 0.3) is 0 Å². The summed E-state index contributed by atoms with van der Waals surface area (Å²) in [4.78, 5) is 22.0. The number of carbonyl (C=O) groups is 2. The van der Waals surface area contributed by atoms with E-state index in [4.69, 9.17) is 14.6 Å². The summed E-state index contributed by atoms with van der Waals surface area (Å²) in [5, 5.41) is 8.68. The molecule has 2 unspecified atom stereocenters. The van der Waals surface area contributed by atoms with E-state index in [-0.39, 0.29) is 18.5 Å². The van der Waals surface area contributed by atoms with E-state index in [1.54, 1.807) is 18.2 Å². The Balaban J connectivity index is 2.14. The van der Waals surface area contributed by atoms with Crippen molar-refractivity contribution >= 4 is 11.8 Å². The van der Waals surface area contributed by atoms with E-state index in [0.29, 0.717) is 6.61 Å². The minimum Gasteiger partial charge on any atom is -0.481 e. The third-order valence-electron chi connectivity index (χ3n) is 2.97. The number of ketones is 1. The maximum absolute atomic E-state index is 11.4. The molecule has 0 amide bonds. The zero-order chi connectivity index (χ0) is 14.8. The van der Waals surface area contributed by atoms with Gasteiger partial charge >= 0.3 is 5.97 Å². The number of allylic oxidation sites excluding steroid dienone is 3. The maximum Gasteiger partial charge on any atom is 0.306 e. The first-order chi connectivity index (χ1) is 9.59. The SMILES string of the molecule is CC(CC(=O)C=CC=CCOC1CCCCO1)C(=O)O. The third-order valence-corrected chi connectivity index (χ3v) is 2.97. The lowest BCUT2D eigenvalue weighted by Crippen LogP contribution is -2.22. The molecule has 2 atom stereocenters. The number of hydrogen-bond donors (Lipinski definition) is 1. The van der Waals surface area contributed by atoms with Crippen molar-refractivity contribution in [1.82, 2.24) is 0 Å². The number of carboxylic acids is 1. The molecule has 0 aliphatic carbocycles. The Hall–Kier alpha value is -1.46. The van der Waals surface area contributed by atoms with Gasteiger partial charge < -0.3 is 14.6 Å². The predicted octanol–water partition coefficient (Wildman–Crippen LogP) is 2.32. The predicted molar refractivity (Wildman–Crippen MR) is 74.2 cm³/mol. The average molecular weight is 282 g/mol. The molecule has 0 bridgehead atoms. The van der Waals surface area contributed by atoms with Gasteiger partial charge in [-0.2, -0.15) is 0 Å². The van der Waals surface area contributed by atoms with Crippen molar-refractivity contribution in [3.8, 4) is 0 Å². The van der Waals surface area contributed by atoms with Gasteiger partial charge in [0, 0.05) is 13.0 Å². The summed E-state index contributed by atoms with van der Waals surface area (Å²) >= 11 is 0. The Morgan fingerprint density at radius 3 is 2.85 bits per heavy atom. The van der Waals surface area contributed by atoms with Crippen LogP contribution < -0.4 is 0 Å². The van der Waals surface area contributed by atoms with E-state index in [0.717, 1.165) is 25.9 Å². The molecule has 0 aromatic carbocycles. The Bertz CT molecular complexity index is 366. The van der Waals surface area contributed by atoms with Gasteiger partial charge in [-0.05, 0) is 25.3 Å². The highest BCUT2D eigenvalue weighted by Gasteiger charge is 2.13. The second kappa shape index (κ2) is 9.44. The monoisotopic (exact) mass is 282 g/mol. The summed E-state index contributed by atoms with van der Waals surface area (Å²) in [6.45, 7) is 2.71. The van der Waals surface area contributed by atoms with Crippen LogP contribution in [0.3, 0.4) is 0 Å². The summed E-state index contributed by atoms with van der Waals surface area (Å²) in [5.74, 6) is -1.80. The highest BCUT2D eigenvalue weighted by molar-refractivity contribution is 5.92. The molecular formula is C15H22O5. The molecule has 1 rings (SSSR count). The lowest BCUT2D eigenvalue weighted by atomic mass is 10.1. The van der Waals surface area contributed by atoms with Gasteiger partial charge in [0.1, 0.15) is 0 Å². The first kappa shape index (κ1) is 16.6. The largest absolute Gasteiger partial charge is 0.481 e. The molecule has 20 heavy (non-hydrogen) atoms. The highest BCUT2D eigenvalue weighted by atomic mass is 16.7. The molecule has 112 valence electrons. The number of ether oxygens (including phenoxy) is 2. The smallest absolute Gasteiger partial charge is 0.306 e. The fraction of sp³-hybridized carbons (Fsp3) is 0.600. The summed E-state index contributed by atoms with van der Waals surface area (Å²) in [5.41, 5.74) is 0. The molecule has 1 aliphatic rings. The van der Waals surface area contributed by atoms with Crippen molar-refractivity contribution in [2.75, 3.05) is 13.2 Å². The fourth-order valence-corrected chi connectivity index (χ4v) is 1.76. The zero-order valence-corrected chi connectivity index (χ0v) is 11.8. The summed E-state index contributed by atoms with van der Waals surface area (Å²) in [6.07, 6.45) is 9.54. The highest BCUT2D eigenvalue weighted by Crippen LogP contribution is 2.13. The van der Waals surface area contributed by atoms with Gasteiger partial charge in [-0.1, -0.05) is 25.2 Å². The first-order valence-electron chi connectivity index (χ1n) is 6.91. The molecule has 1 fully saturated rings. The molecule has 0 saturated carbocycles. The summed E-state index contributed by atoms with van der Waals surface area (Å²) in [6, 6.07) is 0. The van der Waals surface area contributed by atoms with Crippen LogP contribution in [0.5, 0.6) is 0 Å². The van der Waals surface area contributed by atoms with Crippen molar-refractivity contribution in [2.45, 2.75) is 38.9 Å². The van der Waals surface area contributed by atoms with Crippen molar-refractivity contribution in [1.29, 1.82) is 0 Å². The molecule has 0 aromatic rings. The second-order valence-corrected chi connectivity index (χ2v) is 4.83. The summed E-state index contributed by atoms with van der Waals surface area (Å²) < 4.78 is 10.9. The van der Waals surface area contributed by atoms with Gasteiger partial charge in [-0.3, -0.25) is 9.59 Å². The zero-order valence-electron chi connectivity index (χ0n) is 11.8. The molecule has 5 nitrogen and oxygen atoms in total. The van der Waals surface area contributed by atoms with E-state index >= 15 is 0 Å². The van der Waals surface area contributed by atoms with Crippen molar-refractivity contribution in [3.05, 3.63) is 24.3 Å². The second-order valence-electron chi connectivity index (χ2n) is 4.83. The molecule has 0 spiro atoms. The minimum absolute atomic E-state index is 0.0199. The minimum atomic E-state index is -0.955. The first-order valence-corrected chi connectivity index (χ1v) is 6.91. The Morgan fingerprint density at radius 2 is 2.20 bits per heavy atom. The van der Waals surface area contributed by atoms with Crippen LogP contribution >= 0.6 is 0 Å². The Labute approximate surface area is 119 Å². The van der Waals surface area contributed by atoms with Gasteiger partial charge in [0.2, 0.25) is 0 Å². The number of aliphatic carboxylic acids is 1. The maximum atomic E-state index is 11.4. The van der Waals surface area contributed by atoms with Crippen LogP contribution in [-0.4, -0.2) is 36.4 Å². The quantitative estimate of drug-likeness (QED) is 0.546. The van der Waals surface area contributed by atoms with Gasteiger partial charge in [0.15, 0.2) is 12.1 Å². The molecule has 1 saturated heterocycles. The molecule has 0 aromatic heterocycles. The van der Waals surface area contributed by atoms with Crippen LogP contribution in [0.1, 0.15) is 32.6 Å². The molecule has 1 aliphatic heterocycles. The lowest BCUT2D eigenvalue weighted by Gasteiger charge is -2.21.